The number of unbranched alkanes of at least 4 members (excludes halogenated alkanes) is 3. The second-order valence-electron chi connectivity index (χ2n) is 4.61. The van der Waals surface area contributed by atoms with Crippen LogP contribution in [0.3, 0.4) is 0 Å². The van der Waals surface area contributed by atoms with Crippen LogP contribution in [0.15, 0.2) is 0 Å². The van der Waals surface area contributed by atoms with Crippen molar-refractivity contribution in [3.8, 4) is 0 Å². The Hall–Kier alpha value is 0.433. The molecule has 0 aromatic rings. The van der Waals surface area contributed by atoms with Crippen LogP contribution in [0.4, 0.5) is 0 Å². The molecule has 0 fully saturated rings. The average molecular weight is 353 g/mol. The summed E-state index contributed by atoms with van der Waals surface area (Å²) in [6.45, 7) is 8.23. The molecule has 0 amide bonds. The van der Waals surface area contributed by atoms with E-state index in [9.17, 15) is 4.79 Å². The van der Waals surface area contributed by atoms with Gasteiger partial charge in [-0.1, -0.05) is 0 Å². The van der Waals surface area contributed by atoms with Gasteiger partial charge in [-0.05, 0) is 0 Å². The summed E-state index contributed by atoms with van der Waals surface area (Å²) in [4.78, 5) is 10.8. The number of hydrogen-bond donors (Lipinski definition) is 0. The summed E-state index contributed by atoms with van der Waals surface area (Å²) in [6, 6.07) is 0. The van der Waals surface area contributed by atoms with Crippen LogP contribution in [0.5, 0.6) is 0 Å². The Morgan fingerprint density at radius 1 is 0.789 bits per heavy atom. The van der Waals surface area contributed by atoms with Crippen molar-refractivity contribution in [2.75, 3.05) is 19.8 Å². The zero-order valence-electron chi connectivity index (χ0n) is 12.7. The zero-order valence-corrected chi connectivity index (χ0v) is 15.2. The Morgan fingerprint density at radius 3 is 1.42 bits per heavy atom. The Morgan fingerprint density at radius 2 is 1.16 bits per heavy atom. The SMILES string of the molecule is CCCC[O][Zr]([CH2][C]=O)([O]CCCC)[O]CCCC. The summed E-state index contributed by atoms with van der Waals surface area (Å²) in [5.41, 5.74) is 0. The molecule has 0 aromatic carbocycles. The van der Waals surface area contributed by atoms with Gasteiger partial charge < -0.3 is 0 Å². The molecule has 5 heteroatoms. The van der Waals surface area contributed by atoms with Gasteiger partial charge in [-0.2, -0.15) is 0 Å². The molecule has 0 bridgehead atoms. The molecule has 0 unspecified atom stereocenters. The van der Waals surface area contributed by atoms with Crippen LogP contribution in [-0.2, 0) is 34.8 Å². The molecule has 0 N–H and O–H groups in total. The standard InChI is InChI=1S/3C4H9O.C2H2O.Zr/c3*1-2-3-4-5;1-2-3;/h3*2-4H2,1H3;1H2;/q3*-1;;+3. The van der Waals surface area contributed by atoms with E-state index in [1.807, 2.05) is 6.29 Å². The maximum atomic E-state index is 10.8. The minimum atomic E-state index is -3.66. The fourth-order valence-corrected chi connectivity index (χ4v) is 6.64. The van der Waals surface area contributed by atoms with Gasteiger partial charge in [0, 0.05) is 0 Å². The van der Waals surface area contributed by atoms with E-state index in [2.05, 4.69) is 20.8 Å². The Kier molecular flexibility index (Phi) is 13.7. The second kappa shape index (κ2) is 13.4. The molecule has 0 saturated heterocycles. The normalized spacial score (nSPS) is 11.7. The van der Waals surface area contributed by atoms with E-state index in [1.165, 1.54) is 0 Å². The molecule has 0 aromatic heterocycles. The average Bonchev–Trinajstić information content (AvgIpc) is 2.40. The number of rotatable bonds is 14. The number of carbonyl (C=O) groups excluding carboxylic acids is 1. The van der Waals surface area contributed by atoms with Gasteiger partial charge in [0.05, 0.1) is 0 Å². The summed E-state index contributed by atoms with van der Waals surface area (Å²) in [7, 11) is 0. The van der Waals surface area contributed by atoms with Crippen LogP contribution < -0.4 is 0 Å². The van der Waals surface area contributed by atoms with Crippen molar-refractivity contribution in [1.29, 1.82) is 0 Å². The Labute approximate surface area is 124 Å². The first-order valence-electron chi connectivity index (χ1n) is 7.51. The predicted octanol–water partition coefficient (Wildman–Crippen LogP) is 3.86. The Balaban J connectivity index is 4.42. The van der Waals surface area contributed by atoms with Crippen molar-refractivity contribution >= 4 is 6.29 Å². The fraction of sp³-hybridized carbons (Fsp3) is 0.929. The molecule has 19 heavy (non-hydrogen) atoms. The molecule has 113 valence electrons. The van der Waals surface area contributed by atoms with Gasteiger partial charge >= 0.3 is 124 Å². The van der Waals surface area contributed by atoms with E-state index in [1.54, 1.807) is 0 Å². The van der Waals surface area contributed by atoms with Crippen molar-refractivity contribution in [2.24, 2.45) is 0 Å². The first-order valence-corrected chi connectivity index (χ1v) is 12.3. The van der Waals surface area contributed by atoms with Gasteiger partial charge in [0.1, 0.15) is 0 Å². The summed E-state index contributed by atoms with van der Waals surface area (Å²) >= 11 is -3.66. The predicted molar refractivity (Wildman–Crippen MR) is 73.1 cm³/mol. The molecule has 1 radical (unpaired) electrons. The molecule has 0 saturated carbocycles. The topological polar surface area (TPSA) is 44.8 Å². The molecule has 0 heterocycles. The van der Waals surface area contributed by atoms with Gasteiger partial charge in [0.25, 0.3) is 0 Å². The van der Waals surface area contributed by atoms with Crippen LogP contribution in [-0.4, -0.2) is 26.1 Å². The van der Waals surface area contributed by atoms with Crippen molar-refractivity contribution in [3.05, 3.63) is 0 Å². The molecule has 0 spiro atoms. The summed E-state index contributed by atoms with van der Waals surface area (Å²) in [6.07, 6.45) is 8.09. The van der Waals surface area contributed by atoms with E-state index in [-0.39, 0.29) is 4.13 Å². The van der Waals surface area contributed by atoms with Gasteiger partial charge in [-0.3, -0.25) is 0 Å². The molecule has 0 aliphatic rings. The third kappa shape index (κ3) is 9.89. The van der Waals surface area contributed by atoms with Crippen molar-refractivity contribution in [2.45, 2.75) is 63.4 Å². The van der Waals surface area contributed by atoms with E-state index >= 15 is 0 Å². The molecular weight excluding hydrogens is 323 g/mol. The fourth-order valence-electron chi connectivity index (χ4n) is 1.48. The molecule has 0 aliphatic heterocycles. The quantitative estimate of drug-likeness (QED) is 0.445. The van der Waals surface area contributed by atoms with E-state index in [0.29, 0.717) is 19.8 Å². The molecule has 0 aliphatic carbocycles. The Bertz CT molecular complexity index is 185. The van der Waals surface area contributed by atoms with Gasteiger partial charge in [0.2, 0.25) is 0 Å². The summed E-state index contributed by atoms with van der Waals surface area (Å²) in [5.74, 6) is 0. The van der Waals surface area contributed by atoms with Crippen molar-refractivity contribution in [3.63, 3.8) is 0 Å². The summed E-state index contributed by atoms with van der Waals surface area (Å²) < 4.78 is 17.9. The first-order chi connectivity index (χ1) is 9.24. The van der Waals surface area contributed by atoms with E-state index < -0.39 is 21.6 Å². The minimum absolute atomic E-state index is 0.214. The van der Waals surface area contributed by atoms with E-state index in [4.69, 9.17) is 8.44 Å². The van der Waals surface area contributed by atoms with Gasteiger partial charge in [-0.15, -0.1) is 0 Å². The van der Waals surface area contributed by atoms with Crippen molar-refractivity contribution < 1.29 is 34.8 Å². The van der Waals surface area contributed by atoms with E-state index in [0.717, 1.165) is 38.5 Å². The van der Waals surface area contributed by atoms with Crippen LogP contribution >= 0.6 is 0 Å². The molecule has 0 rings (SSSR count). The summed E-state index contributed by atoms with van der Waals surface area (Å²) in [5, 5.41) is 0. The van der Waals surface area contributed by atoms with Gasteiger partial charge in [0.15, 0.2) is 0 Å². The van der Waals surface area contributed by atoms with Crippen LogP contribution in [0, 0.1) is 0 Å². The van der Waals surface area contributed by atoms with Crippen LogP contribution in [0.1, 0.15) is 59.3 Å². The van der Waals surface area contributed by atoms with Crippen molar-refractivity contribution in [1.82, 2.24) is 0 Å². The molecular formula is C14H29O4Zr. The van der Waals surface area contributed by atoms with Gasteiger partial charge in [-0.25, -0.2) is 0 Å². The monoisotopic (exact) mass is 351 g/mol. The molecule has 4 nitrogen and oxygen atoms in total. The molecule has 0 atom stereocenters. The van der Waals surface area contributed by atoms with Crippen LogP contribution in [0.2, 0.25) is 4.13 Å². The maximum absolute atomic E-state index is 10.8. The second-order valence-corrected chi connectivity index (χ2v) is 11.0. The first kappa shape index (κ1) is 19.4. The third-order valence-electron chi connectivity index (χ3n) is 2.75. The zero-order chi connectivity index (χ0) is 14.4. The third-order valence-corrected chi connectivity index (χ3v) is 8.92. The number of hydrogen-bond acceptors (Lipinski definition) is 4. The van der Waals surface area contributed by atoms with Crippen LogP contribution in [0.25, 0.3) is 0 Å².